The van der Waals surface area contributed by atoms with E-state index >= 15 is 0 Å². The molecule has 2 N–H and O–H groups in total. The first-order valence-electron chi connectivity index (χ1n) is 5.36. The van der Waals surface area contributed by atoms with Crippen molar-refractivity contribution in [3.05, 3.63) is 35.4 Å². The van der Waals surface area contributed by atoms with Crippen molar-refractivity contribution in [2.24, 2.45) is 0 Å². The van der Waals surface area contributed by atoms with Gasteiger partial charge in [-0.2, -0.15) is 0 Å². The number of carboxylic acid groups (broad SMARTS) is 1. The van der Waals surface area contributed by atoms with Gasteiger partial charge in [0.15, 0.2) is 0 Å². The second-order valence-corrected chi connectivity index (χ2v) is 4.07. The fourth-order valence-corrected chi connectivity index (χ4v) is 2.15. The Labute approximate surface area is 93.3 Å². The maximum atomic E-state index is 14.6. The van der Waals surface area contributed by atoms with Crippen molar-refractivity contribution in [3.8, 4) is 0 Å². The Hall–Kier alpha value is -1.42. The lowest BCUT2D eigenvalue weighted by molar-refractivity contribution is 0.0675. The lowest BCUT2D eigenvalue weighted by Gasteiger charge is -2.31. The minimum Gasteiger partial charge on any atom is -0.478 e. The van der Waals surface area contributed by atoms with E-state index in [9.17, 15) is 9.18 Å². The number of piperidine rings is 1. The van der Waals surface area contributed by atoms with Crippen LogP contribution < -0.4 is 5.32 Å². The van der Waals surface area contributed by atoms with Crippen molar-refractivity contribution in [3.63, 3.8) is 0 Å². The van der Waals surface area contributed by atoms with Crippen LogP contribution in [0.25, 0.3) is 0 Å². The highest BCUT2D eigenvalue weighted by Gasteiger charge is 2.36. The molecule has 0 bridgehead atoms. The second-order valence-electron chi connectivity index (χ2n) is 4.07. The molecule has 1 fully saturated rings. The van der Waals surface area contributed by atoms with Crippen LogP contribution in [0.5, 0.6) is 0 Å². The van der Waals surface area contributed by atoms with Crippen molar-refractivity contribution in [1.82, 2.24) is 5.32 Å². The predicted octanol–water partition coefficient (Wildman–Crippen LogP) is 1.93. The number of carbonyl (C=O) groups is 1. The van der Waals surface area contributed by atoms with E-state index in [0.29, 0.717) is 31.5 Å². The average molecular weight is 223 g/mol. The Bertz CT molecular complexity index is 400. The standard InChI is InChI=1S/C12H14FNO2/c13-12(5-7-14-8-6-12)10-4-2-1-3-9(10)11(15)16/h1-4,14H,5-8H2,(H,15,16). The fourth-order valence-electron chi connectivity index (χ4n) is 2.15. The zero-order chi connectivity index (χ0) is 11.6. The summed E-state index contributed by atoms with van der Waals surface area (Å²) in [5.41, 5.74) is -1.11. The number of alkyl halides is 1. The highest BCUT2D eigenvalue weighted by atomic mass is 19.1. The molecule has 1 aromatic carbocycles. The average Bonchev–Trinajstić information content (AvgIpc) is 2.30. The largest absolute Gasteiger partial charge is 0.478 e. The van der Waals surface area contributed by atoms with Gasteiger partial charge in [-0.25, -0.2) is 9.18 Å². The number of nitrogens with one attached hydrogen (secondary N) is 1. The molecule has 16 heavy (non-hydrogen) atoms. The summed E-state index contributed by atoms with van der Waals surface area (Å²) in [6, 6.07) is 6.35. The summed E-state index contributed by atoms with van der Waals surface area (Å²) in [5, 5.41) is 12.1. The summed E-state index contributed by atoms with van der Waals surface area (Å²) in [7, 11) is 0. The monoisotopic (exact) mass is 223 g/mol. The number of benzene rings is 1. The molecule has 0 spiro atoms. The van der Waals surface area contributed by atoms with E-state index in [4.69, 9.17) is 5.11 Å². The first-order valence-corrected chi connectivity index (χ1v) is 5.36. The maximum Gasteiger partial charge on any atom is 0.336 e. The van der Waals surface area contributed by atoms with Crippen molar-refractivity contribution in [2.75, 3.05) is 13.1 Å². The van der Waals surface area contributed by atoms with Crippen LogP contribution in [0.3, 0.4) is 0 Å². The molecule has 0 radical (unpaired) electrons. The quantitative estimate of drug-likeness (QED) is 0.805. The van der Waals surface area contributed by atoms with E-state index in [2.05, 4.69) is 5.32 Å². The van der Waals surface area contributed by atoms with E-state index in [-0.39, 0.29) is 5.56 Å². The van der Waals surface area contributed by atoms with Gasteiger partial charge in [0.05, 0.1) is 5.56 Å². The number of carboxylic acids is 1. The van der Waals surface area contributed by atoms with Gasteiger partial charge in [0.2, 0.25) is 0 Å². The van der Waals surface area contributed by atoms with Gasteiger partial charge in [-0.05, 0) is 32.0 Å². The molecular formula is C12H14FNO2. The molecule has 4 heteroatoms. The molecule has 0 saturated carbocycles. The van der Waals surface area contributed by atoms with E-state index in [1.54, 1.807) is 18.2 Å². The lowest BCUT2D eigenvalue weighted by Crippen LogP contribution is -2.37. The Morgan fingerprint density at radius 3 is 2.56 bits per heavy atom. The molecule has 1 aromatic rings. The molecule has 86 valence electrons. The van der Waals surface area contributed by atoms with Gasteiger partial charge in [0.25, 0.3) is 0 Å². The highest BCUT2D eigenvalue weighted by molar-refractivity contribution is 5.89. The predicted molar refractivity (Wildman–Crippen MR) is 58.3 cm³/mol. The van der Waals surface area contributed by atoms with Gasteiger partial charge in [-0.3, -0.25) is 0 Å². The van der Waals surface area contributed by atoms with Gasteiger partial charge in [0.1, 0.15) is 5.67 Å². The molecule has 0 atom stereocenters. The third-order valence-corrected chi connectivity index (χ3v) is 3.04. The molecule has 0 aromatic heterocycles. The summed E-state index contributed by atoms with van der Waals surface area (Å²) in [6.45, 7) is 1.18. The van der Waals surface area contributed by atoms with E-state index in [0.717, 1.165) is 0 Å². The Balaban J connectivity index is 2.42. The molecule has 1 heterocycles. The molecule has 1 aliphatic rings. The molecular weight excluding hydrogens is 209 g/mol. The van der Waals surface area contributed by atoms with Gasteiger partial charge in [-0.1, -0.05) is 18.2 Å². The van der Waals surface area contributed by atoms with E-state index in [1.807, 2.05) is 0 Å². The Kier molecular flexibility index (Phi) is 2.92. The van der Waals surface area contributed by atoms with Crippen LogP contribution >= 0.6 is 0 Å². The first kappa shape index (κ1) is 11.1. The van der Waals surface area contributed by atoms with Crippen molar-refractivity contribution >= 4 is 5.97 Å². The zero-order valence-corrected chi connectivity index (χ0v) is 8.87. The molecule has 0 amide bonds. The Morgan fingerprint density at radius 1 is 1.31 bits per heavy atom. The van der Waals surface area contributed by atoms with Crippen LogP contribution in [0.2, 0.25) is 0 Å². The lowest BCUT2D eigenvalue weighted by atomic mass is 9.84. The minimum absolute atomic E-state index is 0.0758. The normalized spacial score (nSPS) is 19.3. The van der Waals surface area contributed by atoms with E-state index in [1.165, 1.54) is 6.07 Å². The number of halogens is 1. The summed E-state index contributed by atoms with van der Waals surface area (Å²) >= 11 is 0. The summed E-state index contributed by atoms with van der Waals surface area (Å²) in [6.07, 6.45) is 0.661. The first-order chi connectivity index (χ1) is 7.63. The van der Waals surface area contributed by atoms with Gasteiger partial charge >= 0.3 is 5.97 Å². The van der Waals surface area contributed by atoms with Gasteiger partial charge in [-0.15, -0.1) is 0 Å². The molecule has 1 aliphatic heterocycles. The SMILES string of the molecule is O=C(O)c1ccccc1C1(F)CCNCC1. The highest BCUT2D eigenvalue weighted by Crippen LogP contribution is 2.36. The van der Waals surface area contributed by atoms with Crippen LogP contribution in [0.1, 0.15) is 28.8 Å². The molecule has 2 rings (SSSR count). The minimum atomic E-state index is -1.50. The van der Waals surface area contributed by atoms with Crippen LogP contribution in [0.4, 0.5) is 4.39 Å². The number of aromatic carboxylic acids is 1. The maximum absolute atomic E-state index is 14.6. The third-order valence-electron chi connectivity index (χ3n) is 3.04. The summed E-state index contributed by atoms with van der Waals surface area (Å²) in [5.74, 6) is -1.06. The number of rotatable bonds is 2. The smallest absolute Gasteiger partial charge is 0.336 e. The van der Waals surface area contributed by atoms with Crippen LogP contribution in [0, 0.1) is 0 Å². The van der Waals surface area contributed by atoms with Crippen molar-refractivity contribution in [2.45, 2.75) is 18.5 Å². The van der Waals surface area contributed by atoms with Crippen molar-refractivity contribution in [1.29, 1.82) is 0 Å². The molecule has 1 saturated heterocycles. The fraction of sp³-hybridized carbons (Fsp3) is 0.417. The van der Waals surface area contributed by atoms with E-state index < -0.39 is 11.6 Å². The molecule has 3 nitrogen and oxygen atoms in total. The number of hydrogen-bond acceptors (Lipinski definition) is 2. The molecule has 0 unspecified atom stereocenters. The third kappa shape index (κ3) is 1.93. The number of hydrogen-bond donors (Lipinski definition) is 2. The van der Waals surface area contributed by atoms with Gasteiger partial charge in [0, 0.05) is 5.56 Å². The molecule has 0 aliphatic carbocycles. The van der Waals surface area contributed by atoms with Crippen molar-refractivity contribution < 1.29 is 14.3 Å². The second kappa shape index (κ2) is 4.22. The van der Waals surface area contributed by atoms with Crippen LogP contribution in [-0.4, -0.2) is 24.2 Å². The Morgan fingerprint density at radius 2 is 1.94 bits per heavy atom. The zero-order valence-electron chi connectivity index (χ0n) is 8.87. The summed E-state index contributed by atoms with van der Waals surface area (Å²) < 4.78 is 14.6. The summed E-state index contributed by atoms with van der Waals surface area (Å²) in [4.78, 5) is 11.0. The van der Waals surface area contributed by atoms with Crippen LogP contribution in [0.15, 0.2) is 24.3 Å². The topological polar surface area (TPSA) is 49.3 Å². The van der Waals surface area contributed by atoms with Gasteiger partial charge < -0.3 is 10.4 Å². The van der Waals surface area contributed by atoms with Crippen LogP contribution in [-0.2, 0) is 5.67 Å².